The smallest absolute Gasteiger partial charge is 0.238 e. The van der Waals surface area contributed by atoms with Crippen molar-refractivity contribution in [2.75, 3.05) is 7.11 Å². The first-order valence-corrected chi connectivity index (χ1v) is 6.44. The zero-order valence-corrected chi connectivity index (χ0v) is 11.8. The second kappa shape index (κ2) is 6.41. The second-order valence-electron chi connectivity index (χ2n) is 4.29. The number of hydrazine groups is 1. The molecule has 2 rings (SSSR count). The van der Waals surface area contributed by atoms with E-state index in [-0.39, 0.29) is 12.3 Å². The SMILES string of the molecule is COc1ccc(CC(=O)NN)cc1-c1cccc(Cl)c1. The number of benzene rings is 2. The number of ether oxygens (including phenoxy) is 1. The van der Waals surface area contributed by atoms with E-state index in [1.807, 2.05) is 42.5 Å². The lowest BCUT2D eigenvalue weighted by Gasteiger charge is -2.11. The summed E-state index contributed by atoms with van der Waals surface area (Å²) in [5, 5.41) is 0.648. The maximum atomic E-state index is 11.3. The minimum Gasteiger partial charge on any atom is -0.496 e. The fourth-order valence-corrected chi connectivity index (χ4v) is 2.17. The van der Waals surface area contributed by atoms with Crippen molar-refractivity contribution < 1.29 is 9.53 Å². The van der Waals surface area contributed by atoms with Crippen LogP contribution in [0.15, 0.2) is 42.5 Å². The van der Waals surface area contributed by atoms with Crippen LogP contribution in [0.5, 0.6) is 5.75 Å². The average molecular weight is 291 g/mol. The standard InChI is InChI=1S/C15H15ClN2O2/c1-20-14-6-5-10(8-15(19)18-17)7-13(14)11-3-2-4-12(16)9-11/h2-7,9H,8,17H2,1H3,(H,18,19). The van der Waals surface area contributed by atoms with Crippen molar-refractivity contribution in [2.45, 2.75) is 6.42 Å². The first-order valence-electron chi connectivity index (χ1n) is 6.06. The van der Waals surface area contributed by atoms with Crippen LogP contribution in [0.2, 0.25) is 5.02 Å². The van der Waals surface area contributed by atoms with Crippen LogP contribution in [0.4, 0.5) is 0 Å². The van der Waals surface area contributed by atoms with Crippen molar-refractivity contribution in [3.8, 4) is 16.9 Å². The van der Waals surface area contributed by atoms with Gasteiger partial charge < -0.3 is 4.74 Å². The lowest BCUT2D eigenvalue weighted by atomic mass is 10.0. The van der Waals surface area contributed by atoms with Crippen molar-refractivity contribution in [3.63, 3.8) is 0 Å². The number of halogens is 1. The van der Waals surface area contributed by atoms with Crippen molar-refractivity contribution >= 4 is 17.5 Å². The molecule has 0 bridgehead atoms. The highest BCUT2D eigenvalue weighted by Gasteiger charge is 2.09. The summed E-state index contributed by atoms with van der Waals surface area (Å²) in [5.74, 6) is 5.59. The van der Waals surface area contributed by atoms with Gasteiger partial charge in [0, 0.05) is 10.6 Å². The molecule has 0 atom stereocenters. The van der Waals surface area contributed by atoms with E-state index in [0.717, 1.165) is 22.4 Å². The van der Waals surface area contributed by atoms with Crippen LogP contribution in [0, 0.1) is 0 Å². The number of nitrogens with two attached hydrogens (primary N) is 1. The van der Waals surface area contributed by atoms with Gasteiger partial charge in [-0.3, -0.25) is 10.2 Å². The quantitative estimate of drug-likeness (QED) is 0.517. The van der Waals surface area contributed by atoms with Gasteiger partial charge in [-0.25, -0.2) is 5.84 Å². The molecule has 0 aliphatic heterocycles. The van der Waals surface area contributed by atoms with Crippen molar-refractivity contribution in [1.29, 1.82) is 0 Å². The lowest BCUT2D eigenvalue weighted by Crippen LogP contribution is -2.31. The lowest BCUT2D eigenvalue weighted by molar-refractivity contribution is -0.120. The molecule has 0 spiro atoms. The zero-order valence-electron chi connectivity index (χ0n) is 11.0. The third-order valence-electron chi connectivity index (χ3n) is 2.93. The van der Waals surface area contributed by atoms with E-state index in [9.17, 15) is 4.79 Å². The van der Waals surface area contributed by atoms with Gasteiger partial charge in [0.15, 0.2) is 0 Å². The third kappa shape index (κ3) is 3.29. The van der Waals surface area contributed by atoms with Crippen LogP contribution < -0.4 is 16.0 Å². The molecule has 104 valence electrons. The summed E-state index contributed by atoms with van der Waals surface area (Å²) in [6.07, 6.45) is 0.216. The van der Waals surface area contributed by atoms with E-state index in [4.69, 9.17) is 22.2 Å². The van der Waals surface area contributed by atoms with Gasteiger partial charge >= 0.3 is 0 Å². The van der Waals surface area contributed by atoms with Gasteiger partial charge in [-0.1, -0.05) is 29.8 Å². The topological polar surface area (TPSA) is 64.3 Å². The van der Waals surface area contributed by atoms with Gasteiger partial charge in [-0.15, -0.1) is 0 Å². The predicted molar refractivity (Wildman–Crippen MR) is 79.5 cm³/mol. The maximum absolute atomic E-state index is 11.3. The molecular formula is C15H15ClN2O2. The highest BCUT2D eigenvalue weighted by molar-refractivity contribution is 6.30. The third-order valence-corrected chi connectivity index (χ3v) is 3.16. The number of amides is 1. The first kappa shape index (κ1) is 14.4. The molecule has 0 aliphatic carbocycles. The Hall–Kier alpha value is -2.04. The molecule has 1 amide bonds. The molecule has 0 heterocycles. The van der Waals surface area contributed by atoms with Crippen LogP contribution in [0.3, 0.4) is 0 Å². The van der Waals surface area contributed by atoms with Gasteiger partial charge in [0.05, 0.1) is 13.5 Å². The van der Waals surface area contributed by atoms with Gasteiger partial charge in [-0.05, 0) is 35.4 Å². The summed E-state index contributed by atoms with van der Waals surface area (Å²) in [5.41, 5.74) is 4.79. The molecular weight excluding hydrogens is 276 g/mol. The summed E-state index contributed by atoms with van der Waals surface area (Å²) in [4.78, 5) is 11.3. The molecule has 2 aromatic rings. The van der Waals surface area contributed by atoms with Crippen LogP contribution in [0.1, 0.15) is 5.56 Å². The Bertz CT molecular complexity index is 629. The molecule has 0 saturated carbocycles. The Balaban J connectivity index is 2.44. The molecule has 3 N–H and O–H groups in total. The molecule has 5 heteroatoms. The van der Waals surface area contributed by atoms with Crippen LogP contribution in [-0.2, 0) is 11.2 Å². The summed E-state index contributed by atoms with van der Waals surface area (Å²) in [7, 11) is 1.61. The Kier molecular flexibility index (Phi) is 4.61. The number of methoxy groups -OCH3 is 1. The monoisotopic (exact) mass is 290 g/mol. The number of carbonyl (C=O) groups is 1. The minimum absolute atomic E-state index is 0.216. The molecule has 0 radical (unpaired) electrons. The number of hydrogen-bond donors (Lipinski definition) is 2. The molecule has 0 unspecified atom stereocenters. The van der Waals surface area contributed by atoms with Crippen LogP contribution >= 0.6 is 11.6 Å². The van der Waals surface area contributed by atoms with Crippen LogP contribution in [0.25, 0.3) is 11.1 Å². The van der Waals surface area contributed by atoms with Crippen LogP contribution in [-0.4, -0.2) is 13.0 Å². The van der Waals surface area contributed by atoms with Gasteiger partial charge in [0.2, 0.25) is 5.91 Å². The average Bonchev–Trinajstić information content (AvgIpc) is 2.47. The maximum Gasteiger partial charge on any atom is 0.238 e. The van der Waals surface area contributed by atoms with E-state index in [2.05, 4.69) is 5.43 Å². The summed E-state index contributed by atoms with van der Waals surface area (Å²) in [6, 6.07) is 13.0. The number of hydrogen-bond acceptors (Lipinski definition) is 3. The summed E-state index contributed by atoms with van der Waals surface area (Å²) >= 11 is 6.02. The number of rotatable bonds is 4. The first-order chi connectivity index (χ1) is 9.63. The van der Waals surface area contributed by atoms with E-state index < -0.39 is 0 Å². The van der Waals surface area contributed by atoms with E-state index >= 15 is 0 Å². The second-order valence-corrected chi connectivity index (χ2v) is 4.73. The fourth-order valence-electron chi connectivity index (χ4n) is 1.98. The van der Waals surface area contributed by atoms with Crippen molar-refractivity contribution in [1.82, 2.24) is 5.43 Å². The normalized spacial score (nSPS) is 10.2. The summed E-state index contributed by atoms with van der Waals surface area (Å²) < 4.78 is 5.36. The molecule has 20 heavy (non-hydrogen) atoms. The van der Waals surface area contributed by atoms with Gasteiger partial charge in [-0.2, -0.15) is 0 Å². The summed E-state index contributed by atoms with van der Waals surface area (Å²) in [6.45, 7) is 0. The predicted octanol–water partition coefficient (Wildman–Crippen LogP) is 2.55. The van der Waals surface area contributed by atoms with Gasteiger partial charge in [0.1, 0.15) is 5.75 Å². The molecule has 4 nitrogen and oxygen atoms in total. The minimum atomic E-state index is -0.243. The van der Waals surface area contributed by atoms with E-state index in [0.29, 0.717) is 5.02 Å². The number of nitrogens with one attached hydrogen (secondary N) is 1. The molecule has 0 saturated heterocycles. The largest absolute Gasteiger partial charge is 0.496 e. The van der Waals surface area contributed by atoms with E-state index in [1.54, 1.807) is 7.11 Å². The molecule has 0 fully saturated rings. The molecule has 0 aromatic heterocycles. The molecule has 2 aromatic carbocycles. The zero-order chi connectivity index (χ0) is 14.5. The Morgan fingerprint density at radius 1 is 1.30 bits per heavy atom. The Morgan fingerprint density at radius 2 is 2.10 bits per heavy atom. The van der Waals surface area contributed by atoms with Crippen molar-refractivity contribution in [3.05, 3.63) is 53.1 Å². The highest BCUT2D eigenvalue weighted by atomic mass is 35.5. The van der Waals surface area contributed by atoms with Gasteiger partial charge in [0.25, 0.3) is 0 Å². The number of carbonyl (C=O) groups excluding carboxylic acids is 1. The highest BCUT2D eigenvalue weighted by Crippen LogP contribution is 2.32. The van der Waals surface area contributed by atoms with E-state index in [1.165, 1.54) is 0 Å². The Labute approximate surface area is 122 Å². The molecule has 0 aliphatic rings. The Morgan fingerprint density at radius 3 is 2.75 bits per heavy atom. The fraction of sp³-hybridized carbons (Fsp3) is 0.133. The van der Waals surface area contributed by atoms with Crippen molar-refractivity contribution in [2.24, 2.45) is 5.84 Å².